The molecule has 2 unspecified atom stereocenters. The molecule has 0 saturated carbocycles. The van der Waals surface area contributed by atoms with Gasteiger partial charge in [-0.05, 0) is 12.8 Å². The third-order valence-electron chi connectivity index (χ3n) is 11.3. The molecule has 0 heterocycles. The Morgan fingerprint density at radius 2 is 0.654 bits per heavy atom. The van der Waals surface area contributed by atoms with E-state index in [4.69, 9.17) is 0 Å². The minimum Gasteiger partial charge on any atom is -0.394 e. The first kappa shape index (κ1) is 51.3. The van der Waals surface area contributed by atoms with Gasteiger partial charge >= 0.3 is 0 Å². The molecule has 0 aliphatic carbocycles. The van der Waals surface area contributed by atoms with Gasteiger partial charge in [0.05, 0.1) is 18.8 Å². The maximum absolute atomic E-state index is 12.5. The highest BCUT2D eigenvalue weighted by Crippen LogP contribution is 2.17. The third-order valence-corrected chi connectivity index (χ3v) is 11.3. The molecule has 6 heteroatoms. The molecule has 0 fully saturated rings. The predicted molar refractivity (Wildman–Crippen MR) is 224 cm³/mol. The number of nitrogens with one attached hydrogen (secondary N) is 1. The largest absolute Gasteiger partial charge is 0.394 e. The Morgan fingerprint density at radius 3 is 0.923 bits per heavy atom. The van der Waals surface area contributed by atoms with E-state index in [1.165, 1.54) is 193 Å². The second-order valence-electron chi connectivity index (χ2n) is 16.5. The summed E-state index contributed by atoms with van der Waals surface area (Å²) in [6.07, 6.45) is 44.3. The summed E-state index contributed by atoms with van der Waals surface area (Å²) in [7, 11) is 0. The highest BCUT2D eigenvalue weighted by molar-refractivity contribution is 5.80. The lowest BCUT2D eigenvalue weighted by Gasteiger charge is -2.27. The first-order chi connectivity index (χ1) is 25.5. The molecule has 1 amide bonds. The van der Waals surface area contributed by atoms with Crippen LogP contribution in [0.2, 0.25) is 0 Å². The van der Waals surface area contributed by atoms with E-state index in [2.05, 4.69) is 19.2 Å². The van der Waals surface area contributed by atoms with Crippen molar-refractivity contribution in [2.45, 2.75) is 282 Å². The quantitative estimate of drug-likeness (QED) is 0.0400. The van der Waals surface area contributed by atoms with Gasteiger partial charge in [-0.15, -0.1) is 0 Å². The van der Waals surface area contributed by atoms with Gasteiger partial charge < -0.3 is 25.7 Å². The van der Waals surface area contributed by atoms with Crippen LogP contribution in [0.25, 0.3) is 0 Å². The first-order valence-electron chi connectivity index (χ1n) is 23.4. The molecule has 6 nitrogen and oxygen atoms in total. The monoisotopic (exact) mass is 740 g/mol. The fraction of sp³-hybridized carbons (Fsp3) is 0.978. The summed E-state index contributed by atoms with van der Waals surface area (Å²) in [5.41, 5.74) is 0. The second-order valence-corrected chi connectivity index (χ2v) is 16.5. The van der Waals surface area contributed by atoms with Gasteiger partial charge in [-0.25, -0.2) is 0 Å². The number of unbranched alkanes of at least 4 members (excludes halogenated alkanes) is 34. The fourth-order valence-electron chi connectivity index (χ4n) is 7.58. The van der Waals surface area contributed by atoms with Crippen molar-refractivity contribution in [2.24, 2.45) is 0 Å². The number of rotatable bonds is 43. The summed E-state index contributed by atoms with van der Waals surface area (Å²) in [5, 5.41) is 43.7. The van der Waals surface area contributed by atoms with Crippen molar-refractivity contribution in [3.8, 4) is 0 Å². The third kappa shape index (κ3) is 35.0. The minimum absolute atomic E-state index is 0.376. The lowest BCUT2D eigenvalue weighted by atomic mass is 9.99. The Kier molecular flexibility index (Phi) is 40.9. The molecule has 0 spiro atoms. The molecular formula is C46H93NO5. The lowest BCUT2D eigenvalue weighted by molar-refractivity contribution is -0.132. The van der Waals surface area contributed by atoms with Gasteiger partial charge in [-0.1, -0.05) is 245 Å². The van der Waals surface area contributed by atoms with Crippen LogP contribution >= 0.6 is 0 Å². The molecule has 0 aliphatic heterocycles. The van der Waals surface area contributed by atoms with Gasteiger partial charge in [-0.3, -0.25) is 4.79 Å². The van der Waals surface area contributed by atoms with E-state index in [1.54, 1.807) is 0 Å². The number of aliphatic hydroxyl groups is 4. The molecule has 312 valence electrons. The number of hydrogen-bond acceptors (Lipinski definition) is 5. The van der Waals surface area contributed by atoms with Gasteiger partial charge in [0.25, 0.3) is 0 Å². The zero-order valence-corrected chi connectivity index (χ0v) is 35.1. The van der Waals surface area contributed by atoms with Gasteiger partial charge in [-0.2, -0.15) is 0 Å². The molecule has 4 atom stereocenters. The number of amides is 1. The van der Waals surface area contributed by atoms with E-state index in [1.807, 2.05) is 0 Å². The SMILES string of the molecule is CCCCCCCCCCCCCCCCCCCCCCCCCCC(O)C(=O)N[C@H](CO)[C@H](O)C(O)CCCCCCCCCCCCCC. The van der Waals surface area contributed by atoms with Crippen molar-refractivity contribution >= 4 is 5.91 Å². The summed E-state index contributed by atoms with van der Waals surface area (Å²) < 4.78 is 0. The van der Waals surface area contributed by atoms with Crippen LogP contribution in [0.5, 0.6) is 0 Å². The molecule has 0 radical (unpaired) electrons. The molecule has 0 aromatic rings. The fourth-order valence-corrected chi connectivity index (χ4v) is 7.58. The molecule has 0 bridgehead atoms. The minimum atomic E-state index is -1.25. The van der Waals surface area contributed by atoms with Gasteiger partial charge in [0.15, 0.2) is 0 Å². The van der Waals surface area contributed by atoms with Crippen LogP contribution in [0.1, 0.15) is 258 Å². The molecule has 52 heavy (non-hydrogen) atoms. The topological polar surface area (TPSA) is 110 Å². The normalized spacial score (nSPS) is 14.0. The van der Waals surface area contributed by atoms with Crippen LogP contribution in [0.3, 0.4) is 0 Å². The lowest BCUT2D eigenvalue weighted by Crippen LogP contribution is -2.53. The molecular weight excluding hydrogens is 647 g/mol. The number of carbonyl (C=O) groups excluding carboxylic acids is 1. The Labute approximate surface area is 324 Å². The molecule has 0 aromatic heterocycles. The van der Waals surface area contributed by atoms with Crippen molar-refractivity contribution in [3.05, 3.63) is 0 Å². The number of carbonyl (C=O) groups is 1. The summed E-state index contributed by atoms with van der Waals surface area (Å²) in [4.78, 5) is 12.5. The van der Waals surface area contributed by atoms with Crippen molar-refractivity contribution in [3.63, 3.8) is 0 Å². The van der Waals surface area contributed by atoms with E-state index < -0.39 is 36.9 Å². The average Bonchev–Trinajstić information content (AvgIpc) is 3.15. The van der Waals surface area contributed by atoms with E-state index >= 15 is 0 Å². The summed E-state index contributed by atoms with van der Waals surface area (Å²) in [5.74, 6) is -0.579. The maximum atomic E-state index is 12.5. The van der Waals surface area contributed by atoms with Crippen molar-refractivity contribution in [2.75, 3.05) is 6.61 Å². The standard InChI is InChI=1S/C46H93NO5/c1-3-5-7-9-11-13-15-17-18-19-20-21-22-23-24-25-26-27-28-30-32-34-36-38-40-44(50)46(52)47-42(41-48)45(51)43(49)39-37-35-33-31-29-16-14-12-10-8-6-4-2/h42-45,48-51H,3-41H2,1-2H3,(H,47,52)/t42-,43?,44?,45+/m1/s1. The van der Waals surface area contributed by atoms with Crippen molar-refractivity contribution in [1.29, 1.82) is 0 Å². The second kappa shape index (κ2) is 41.5. The van der Waals surface area contributed by atoms with Crippen molar-refractivity contribution < 1.29 is 25.2 Å². The highest BCUT2D eigenvalue weighted by Gasteiger charge is 2.28. The van der Waals surface area contributed by atoms with Gasteiger partial charge in [0.2, 0.25) is 5.91 Å². The molecule has 0 saturated heterocycles. The number of hydrogen-bond donors (Lipinski definition) is 5. The maximum Gasteiger partial charge on any atom is 0.249 e. The Morgan fingerprint density at radius 1 is 0.404 bits per heavy atom. The van der Waals surface area contributed by atoms with E-state index in [-0.39, 0.29) is 0 Å². The Balaban J connectivity index is 3.61. The van der Waals surface area contributed by atoms with Crippen LogP contribution in [-0.4, -0.2) is 57.3 Å². The van der Waals surface area contributed by atoms with Crippen LogP contribution in [0, 0.1) is 0 Å². The van der Waals surface area contributed by atoms with Crippen LogP contribution in [0.4, 0.5) is 0 Å². The Hall–Kier alpha value is -0.690. The molecule has 0 aliphatic rings. The van der Waals surface area contributed by atoms with Crippen LogP contribution in [0.15, 0.2) is 0 Å². The highest BCUT2D eigenvalue weighted by atomic mass is 16.3. The predicted octanol–water partition coefficient (Wildman–Crippen LogP) is 12.4. The van der Waals surface area contributed by atoms with Gasteiger partial charge in [0, 0.05) is 0 Å². The van der Waals surface area contributed by atoms with Gasteiger partial charge in [0.1, 0.15) is 12.2 Å². The summed E-state index contributed by atoms with van der Waals surface area (Å²) in [6, 6.07) is -0.978. The smallest absolute Gasteiger partial charge is 0.249 e. The zero-order chi connectivity index (χ0) is 38.2. The number of aliphatic hydroxyl groups excluding tert-OH is 4. The zero-order valence-electron chi connectivity index (χ0n) is 35.1. The molecule has 0 rings (SSSR count). The van der Waals surface area contributed by atoms with E-state index in [0.717, 1.165) is 38.5 Å². The Bertz CT molecular complexity index is 706. The van der Waals surface area contributed by atoms with E-state index in [0.29, 0.717) is 12.8 Å². The average molecular weight is 740 g/mol. The first-order valence-corrected chi connectivity index (χ1v) is 23.4. The summed E-state index contributed by atoms with van der Waals surface area (Å²) >= 11 is 0. The molecule has 0 aromatic carbocycles. The van der Waals surface area contributed by atoms with Crippen LogP contribution in [-0.2, 0) is 4.79 Å². The molecule has 5 N–H and O–H groups in total. The van der Waals surface area contributed by atoms with E-state index in [9.17, 15) is 25.2 Å². The van der Waals surface area contributed by atoms with Crippen LogP contribution < -0.4 is 5.32 Å². The summed E-state index contributed by atoms with van der Waals surface area (Å²) in [6.45, 7) is 4.06. The van der Waals surface area contributed by atoms with Crippen molar-refractivity contribution in [1.82, 2.24) is 5.32 Å².